The Morgan fingerprint density at radius 1 is 0.879 bits per heavy atom. The number of esters is 1. The fourth-order valence-electron chi connectivity index (χ4n) is 6.42. The van der Waals surface area contributed by atoms with Crippen molar-refractivity contribution < 1.29 is 38.1 Å². The molecule has 0 spiro atoms. The second-order valence-electron chi connectivity index (χ2n) is 15.3. The number of anilines is 1. The monoisotopic (exact) mass is 799 g/mol. The maximum Gasteiger partial charge on any atom is 0.410 e. The Kier molecular flexibility index (Phi) is 16.0. The van der Waals surface area contributed by atoms with E-state index in [0.717, 1.165) is 48.2 Å². The normalized spacial score (nSPS) is 14.3. The van der Waals surface area contributed by atoms with Crippen LogP contribution >= 0.6 is 0 Å². The summed E-state index contributed by atoms with van der Waals surface area (Å²) in [5, 5.41) is 15.8. The Bertz CT molecular complexity index is 1890. The first-order chi connectivity index (χ1) is 27.9. The van der Waals surface area contributed by atoms with Crippen molar-refractivity contribution in [1.29, 1.82) is 0 Å². The van der Waals surface area contributed by atoms with E-state index in [1.54, 1.807) is 23.4 Å². The number of carbonyl (C=O) groups is 3. The van der Waals surface area contributed by atoms with Crippen LogP contribution in [0.5, 0.6) is 5.75 Å². The molecule has 3 N–H and O–H groups in total. The van der Waals surface area contributed by atoms with E-state index in [1.807, 2.05) is 82.3 Å². The number of ether oxygens (including phenoxy) is 5. The molecule has 0 aliphatic carbocycles. The lowest BCUT2D eigenvalue weighted by molar-refractivity contribution is -0.146. The number of benzene rings is 2. The number of nitrogens with one attached hydrogen (secondary N) is 3. The first-order valence-electron chi connectivity index (χ1n) is 19.9. The lowest BCUT2D eigenvalue weighted by atomic mass is 9.86. The number of pyridine rings is 1. The number of rotatable bonds is 20. The standard InChI is InChI=1S/C43H57N7O8/c1-31(32-13-15-36(16-14-32)57-28-8-6-7-25-55-26-10-27-56-30-37(51)54-5)45-39(52)34-11-9-12-35(29-34)47-43(19-23-50(24-20-43)41(53)58-42(2,3)4)40-46-38(48-49-40)33-17-21-44-22-18-33/h9,11-18,21-22,29,31,47H,6-8,10,19-20,23-28,30H2,1-5H3,(H,45,52)(H,46,48,49)/t31-/m0/s1. The van der Waals surface area contributed by atoms with Crippen molar-refractivity contribution in [1.82, 2.24) is 30.4 Å². The molecular formula is C43H57N7O8. The zero-order valence-corrected chi connectivity index (χ0v) is 34.3. The van der Waals surface area contributed by atoms with Crippen LogP contribution in [-0.4, -0.2) is 102 Å². The van der Waals surface area contributed by atoms with Gasteiger partial charge in [-0.3, -0.25) is 9.78 Å². The lowest BCUT2D eigenvalue weighted by Crippen LogP contribution is -2.50. The predicted molar refractivity (Wildman–Crippen MR) is 218 cm³/mol. The first-order valence-corrected chi connectivity index (χ1v) is 19.9. The molecule has 4 aromatic rings. The molecule has 1 atom stereocenters. The average Bonchev–Trinajstić information content (AvgIpc) is 3.73. The van der Waals surface area contributed by atoms with Crippen molar-refractivity contribution >= 4 is 23.7 Å². The summed E-state index contributed by atoms with van der Waals surface area (Å²) in [4.78, 5) is 46.8. The predicted octanol–water partition coefficient (Wildman–Crippen LogP) is 6.84. The molecule has 1 saturated heterocycles. The maximum atomic E-state index is 13.6. The van der Waals surface area contributed by atoms with Crippen LogP contribution in [0.2, 0.25) is 0 Å². The maximum absolute atomic E-state index is 13.6. The summed E-state index contributed by atoms with van der Waals surface area (Å²) < 4.78 is 26.9. The molecule has 0 radical (unpaired) electrons. The van der Waals surface area contributed by atoms with Crippen LogP contribution in [-0.2, 0) is 29.3 Å². The number of methoxy groups -OCH3 is 1. The van der Waals surface area contributed by atoms with Crippen molar-refractivity contribution in [2.75, 3.05) is 58.6 Å². The Balaban J connectivity index is 1.11. The number of aromatic amines is 1. The van der Waals surface area contributed by atoms with Crippen LogP contribution in [0.15, 0.2) is 73.1 Å². The van der Waals surface area contributed by atoms with E-state index in [1.165, 1.54) is 7.11 Å². The van der Waals surface area contributed by atoms with Crippen LogP contribution < -0.4 is 15.4 Å². The SMILES string of the molecule is COC(=O)COCCCOCCCCCOc1ccc([C@H](C)NC(=O)c2cccc(NC3(c4nnc(-c5ccncc5)[nH]4)CCN(C(=O)OC(C)(C)C)CC3)c2)cc1. The zero-order valence-electron chi connectivity index (χ0n) is 34.3. The first kappa shape index (κ1) is 43.6. The molecule has 5 rings (SSSR count). The number of likely N-dealkylation sites (tertiary alicyclic amines) is 1. The zero-order chi connectivity index (χ0) is 41.4. The fraction of sp³-hybridized carbons (Fsp3) is 0.488. The van der Waals surface area contributed by atoms with Crippen LogP contribution in [0.1, 0.15) is 94.0 Å². The molecule has 1 aliphatic heterocycles. The highest BCUT2D eigenvalue weighted by atomic mass is 16.6. The number of aromatic nitrogens is 4. The number of H-pyrrole nitrogens is 1. The Morgan fingerprint density at radius 3 is 2.31 bits per heavy atom. The van der Waals surface area contributed by atoms with Crippen molar-refractivity contribution in [3.8, 4) is 17.1 Å². The van der Waals surface area contributed by atoms with E-state index < -0.39 is 11.1 Å². The minimum atomic E-state index is -0.706. The largest absolute Gasteiger partial charge is 0.494 e. The molecule has 0 bridgehead atoms. The van der Waals surface area contributed by atoms with Gasteiger partial charge in [-0.25, -0.2) is 9.59 Å². The number of piperidine rings is 1. The molecule has 15 heteroatoms. The molecule has 0 unspecified atom stereocenters. The van der Waals surface area contributed by atoms with Gasteiger partial charge in [0.2, 0.25) is 0 Å². The van der Waals surface area contributed by atoms with Gasteiger partial charge in [-0.15, -0.1) is 10.2 Å². The highest BCUT2D eigenvalue weighted by Crippen LogP contribution is 2.36. The van der Waals surface area contributed by atoms with Gasteiger partial charge < -0.3 is 44.2 Å². The number of unbranched alkanes of at least 4 members (excludes halogenated alkanes) is 2. The summed E-state index contributed by atoms with van der Waals surface area (Å²) in [6.45, 7) is 10.7. The van der Waals surface area contributed by atoms with Crippen molar-refractivity contribution in [3.63, 3.8) is 0 Å². The summed E-state index contributed by atoms with van der Waals surface area (Å²) in [6.07, 6.45) is 7.66. The molecule has 2 aromatic heterocycles. The minimum Gasteiger partial charge on any atom is -0.494 e. The third kappa shape index (κ3) is 13.3. The molecule has 1 fully saturated rings. The third-order valence-electron chi connectivity index (χ3n) is 9.63. The third-order valence-corrected chi connectivity index (χ3v) is 9.63. The average molecular weight is 800 g/mol. The molecule has 1 aliphatic rings. The Morgan fingerprint density at radius 2 is 1.59 bits per heavy atom. The van der Waals surface area contributed by atoms with Crippen LogP contribution in [0.4, 0.5) is 10.5 Å². The molecular weight excluding hydrogens is 743 g/mol. The number of amides is 2. The highest BCUT2D eigenvalue weighted by molar-refractivity contribution is 5.95. The smallest absolute Gasteiger partial charge is 0.410 e. The van der Waals surface area contributed by atoms with Gasteiger partial charge in [-0.05, 0) is 114 Å². The van der Waals surface area contributed by atoms with Crippen LogP contribution in [0.25, 0.3) is 11.4 Å². The van der Waals surface area contributed by atoms with E-state index in [0.29, 0.717) is 69.6 Å². The number of hydrogen-bond donors (Lipinski definition) is 3. The second-order valence-corrected chi connectivity index (χ2v) is 15.3. The molecule has 2 aromatic carbocycles. The van der Waals surface area contributed by atoms with Gasteiger partial charge in [0.15, 0.2) is 11.6 Å². The van der Waals surface area contributed by atoms with Gasteiger partial charge in [-0.2, -0.15) is 0 Å². The molecule has 2 amide bonds. The molecule has 3 heterocycles. The summed E-state index contributed by atoms with van der Waals surface area (Å²) >= 11 is 0. The molecule has 0 saturated carbocycles. The Hall–Kier alpha value is -5.54. The topological polar surface area (TPSA) is 179 Å². The van der Waals surface area contributed by atoms with Gasteiger partial charge in [0.1, 0.15) is 23.5 Å². The minimum absolute atomic E-state index is 0.0330. The second kappa shape index (κ2) is 21.3. The lowest BCUT2D eigenvalue weighted by Gasteiger charge is -2.41. The highest BCUT2D eigenvalue weighted by Gasteiger charge is 2.41. The van der Waals surface area contributed by atoms with E-state index in [9.17, 15) is 14.4 Å². The van der Waals surface area contributed by atoms with Crippen molar-refractivity contribution in [2.24, 2.45) is 0 Å². The van der Waals surface area contributed by atoms with Gasteiger partial charge in [0.25, 0.3) is 5.91 Å². The van der Waals surface area contributed by atoms with E-state index in [-0.39, 0.29) is 30.6 Å². The summed E-state index contributed by atoms with van der Waals surface area (Å²) in [5.74, 6) is 1.43. The van der Waals surface area contributed by atoms with Gasteiger partial charge in [0.05, 0.1) is 19.8 Å². The van der Waals surface area contributed by atoms with Gasteiger partial charge in [0, 0.05) is 62.1 Å². The summed E-state index contributed by atoms with van der Waals surface area (Å²) in [7, 11) is 1.34. The fourth-order valence-corrected chi connectivity index (χ4v) is 6.42. The Labute approximate surface area is 340 Å². The van der Waals surface area contributed by atoms with Gasteiger partial charge in [-0.1, -0.05) is 18.2 Å². The number of nitrogens with zero attached hydrogens (tertiary/aromatic N) is 4. The van der Waals surface area contributed by atoms with E-state index in [4.69, 9.17) is 18.9 Å². The summed E-state index contributed by atoms with van der Waals surface area (Å²) in [5.41, 5.74) is 1.74. The van der Waals surface area contributed by atoms with Crippen molar-refractivity contribution in [3.05, 3.63) is 90.0 Å². The number of carbonyl (C=O) groups excluding carboxylic acids is 3. The van der Waals surface area contributed by atoms with Gasteiger partial charge >= 0.3 is 12.1 Å². The quantitative estimate of drug-likeness (QED) is 0.0627. The van der Waals surface area contributed by atoms with Crippen molar-refractivity contribution in [2.45, 2.75) is 83.4 Å². The van der Waals surface area contributed by atoms with Crippen LogP contribution in [0.3, 0.4) is 0 Å². The van der Waals surface area contributed by atoms with E-state index in [2.05, 4.69) is 35.5 Å². The molecule has 58 heavy (non-hydrogen) atoms. The van der Waals surface area contributed by atoms with E-state index >= 15 is 0 Å². The van der Waals surface area contributed by atoms with Crippen LogP contribution in [0, 0.1) is 0 Å². The molecule has 312 valence electrons. The number of hydrogen-bond acceptors (Lipinski definition) is 12. The summed E-state index contributed by atoms with van der Waals surface area (Å²) in [6, 6.07) is 18.6. The molecule has 15 nitrogen and oxygen atoms in total.